The molecule has 1 aromatic heterocycles. The zero-order valence-electron chi connectivity index (χ0n) is 11.1. The van der Waals surface area contributed by atoms with E-state index in [0.717, 1.165) is 0 Å². The number of halogens is 2. The van der Waals surface area contributed by atoms with Gasteiger partial charge >= 0.3 is 0 Å². The Kier molecular flexibility index (Phi) is 3.74. The molecule has 100 valence electrons. The van der Waals surface area contributed by atoms with Gasteiger partial charge in [0.15, 0.2) is 11.6 Å². The maximum atomic E-state index is 14.1. The number of benzene rings is 1. The van der Waals surface area contributed by atoms with Gasteiger partial charge in [-0.2, -0.15) is 5.10 Å². The van der Waals surface area contributed by atoms with Gasteiger partial charge in [-0.3, -0.25) is 10.1 Å². The van der Waals surface area contributed by atoms with Gasteiger partial charge in [-0.25, -0.2) is 8.78 Å². The van der Waals surface area contributed by atoms with Crippen LogP contribution in [0.15, 0.2) is 17.3 Å². The van der Waals surface area contributed by atoms with E-state index in [-0.39, 0.29) is 5.52 Å². The molecule has 1 N–H and O–H groups in total. The van der Waals surface area contributed by atoms with Crippen molar-refractivity contribution in [3.05, 3.63) is 35.0 Å². The molecule has 1 aromatic carbocycles. The Morgan fingerprint density at radius 1 is 1.37 bits per heavy atom. The molecular weight excluding hydrogens is 248 g/mol. The van der Waals surface area contributed by atoms with Gasteiger partial charge in [0.1, 0.15) is 5.52 Å². The Hall–Kier alpha value is -2.04. The SMILES string of the molecule is CC=N/C(=C\C)c1c(CC)c(F)c(F)c2[nH]ncc12. The van der Waals surface area contributed by atoms with Gasteiger partial charge in [-0.1, -0.05) is 13.0 Å². The summed E-state index contributed by atoms with van der Waals surface area (Å²) in [7, 11) is 0. The van der Waals surface area contributed by atoms with Crippen molar-refractivity contribution >= 4 is 22.8 Å². The van der Waals surface area contributed by atoms with E-state index in [1.807, 2.05) is 6.92 Å². The lowest BCUT2D eigenvalue weighted by Gasteiger charge is -2.12. The van der Waals surface area contributed by atoms with Crippen LogP contribution < -0.4 is 0 Å². The average molecular weight is 263 g/mol. The minimum absolute atomic E-state index is 0.0790. The van der Waals surface area contributed by atoms with Crippen molar-refractivity contribution in [2.45, 2.75) is 27.2 Å². The first-order chi connectivity index (χ1) is 9.15. The Morgan fingerprint density at radius 3 is 2.68 bits per heavy atom. The largest absolute Gasteiger partial charge is 0.275 e. The average Bonchev–Trinajstić information content (AvgIpc) is 2.89. The number of nitrogens with one attached hydrogen (secondary N) is 1. The summed E-state index contributed by atoms with van der Waals surface area (Å²) in [4.78, 5) is 4.23. The Labute approximate surface area is 110 Å². The minimum Gasteiger partial charge on any atom is -0.275 e. The molecule has 0 bridgehead atoms. The van der Waals surface area contributed by atoms with Crippen LogP contribution in [0.3, 0.4) is 0 Å². The van der Waals surface area contributed by atoms with Crippen molar-refractivity contribution in [2.24, 2.45) is 4.99 Å². The fourth-order valence-corrected chi connectivity index (χ4v) is 2.20. The highest BCUT2D eigenvalue weighted by Gasteiger charge is 2.21. The second-order valence-electron chi connectivity index (χ2n) is 4.05. The standard InChI is InChI=1S/C14H15F2N3/c1-4-8-11(10(5-2)17-6-3)9-7-18-19-14(9)13(16)12(8)15/h5-7H,4H2,1-3H3,(H,18,19)/b10-5-,17-6?. The summed E-state index contributed by atoms with van der Waals surface area (Å²) in [5.41, 5.74) is 1.62. The maximum absolute atomic E-state index is 14.1. The third kappa shape index (κ3) is 2.05. The van der Waals surface area contributed by atoms with Crippen molar-refractivity contribution in [1.82, 2.24) is 10.2 Å². The highest BCUT2D eigenvalue weighted by Crippen LogP contribution is 2.33. The first-order valence-corrected chi connectivity index (χ1v) is 6.13. The molecule has 0 radical (unpaired) electrons. The second-order valence-corrected chi connectivity index (χ2v) is 4.05. The van der Waals surface area contributed by atoms with Crippen LogP contribution in [0.2, 0.25) is 0 Å². The summed E-state index contributed by atoms with van der Waals surface area (Å²) in [6.45, 7) is 5.38. The Balaban J connectivity index is 2.92. The lowest BCUT2D eigenvalue weighted by molar-refractivity contribution is 0.506. The predicted octanol–water partition coefficient (Wildman–Crippen LogP) is 3.86. The zero-order valence-corrected chi connectivity index (χ0v) is 11.1. The summed E-state index contributed by atoms with van der Waals surface area (Å²) in [5, 5.41) is 6.85. The second kappa shape index (κ2) is 5.30. The number of nitrogens with zero attached hydrogens (tertiary/aromatic N) is 2. The van der Waals surface area contributed by atoms with Crippen molar-refractivity contribution in [2.75, 3.05) is 0 Å². The number of fused-ring (bicyclic) bond motifs is 1. The molecule has 0 unspecified atom stereocenters. The molecule has 1 heterocycles. The molecule has 0 aliphatic heterocycles. The summed E-state index contributed by atoms with van der Waals surface area (Å²) >= 11 is 0. The van der Waals surface area contributed by atoms with E-state index < -0.39 is 11.6 Å². The zero-order chi connectivity index (χ0) is 14.0. The maximum Gasteiger partial charge on any atom is 0.184 e. The van der Waals surface area contributed by atoms with Crippen LogP contribution in [-0.4, -0.2) is 16.4 Å². The molecule has 0 saturated heterocycles. The fraction of sp³-hybridized carbons (Fsp3) is 0.286. The number of H-pyrrole nitrogens is 1. The van der Waals surface area contributed by atoms with E-state index in [9.17, 15) is 8.78 Å². The summed E-state index contributed by atoms with van der Waals surface area (Å²) in [6, 6.07) is 0. The quantitative estimate of drug-likeness (QED) is 0.839. The van der Waals surface area contributed by atoms with E-state index in [1.165, 1.54) is 6.20 Å². The summed E-state index contributed by atoms with van der Waals surface area (Å²) in [5.74, 6) is -1.72. The monoisotopic (exact) mass is 263 g/mol. The molecule has 0 saturated carbocycles. The minimum atomic E-state index is -0.885. The van der Waals surface area contributed by atoms with E-state index in [2.05, 4.69) is 15.2 Å². The third-order valence-corrected chi connectivity index (χ3v) is 3.04. The molecule has 0 aliphatic carbocycles. The molecule has 0 fully saturated rings. The van der Waals surface area contributed by atoms with Crippen LogP contribution in [0.1, 0.15) is 31.9 Å². The normalized spacial score (nSPS) is 12.8. The first kappa shape index (κ1) is 13.4. The predicted molar refractivity (Wildman–Crippen MR) is 73.2 cm³/mol. The number of allylic oxidation sites excluding steroid dienone is 1. The van der Waals surface area contributed by atoms with Crippen molar-refractivity contribution in [1.29, 1.82) is 0 Å². The number of aromatic nitrogens is 2. The van der Waals surface area contributed by atoms with Crippen LogP contribution in [0, 0.1) is 11.6 Å². The summed E-state index contributed by atoms with van der Waals surface area (Å²) in [6.07, 6.45) is 5.29. The van der Waals surface area contributed by atoms with Gasteiger partial charge in [0.25, 0.3) is 0 Å². The lowest BCUT2D eigenvalue weighted by atomic mass is 9.97. The van der Waals surface area contributed by atoms with Crippen LogP contribution >= 0.6 is 0 Å². The number of hydrogen-bond donors (Lipinski definition) is 1. The van der Waals surface area contributed by atoms with Crippen LogP contribution in [0.25, 0.3) is 16.6 Å². The van der Waals surface area contributed by atoms with Gasteiger partial charge in [0.2, 0.25) is 0 Å². The highest BCUT2D eigenvalue weighted by atomic mass is 19.2. The number of rotatable bonds is 3. The van der Waals surface area contributed by atoms with Crippen molar-refractivity contribution < 1.29 is 8.78 Å². The molecule has 0 spiro atoms. The van der Waals surface area contributed by atoms with Gasteiger partial charge in [0, 0.05) is 22.7 Å². The number of aromatic amines is 1. The topological polar surface area (TPSA) is 41.0 Å². The van der Waals surface area contributed by atoms with Gasteiger partial charge in [-0.05, 0) is 20.3 Å². The van der Waals surface area contributed by atoms with Crippen molar-refractivity contribution in [3.8, 4) is 0 Å². The van der Waals surface area contributed by atoms with E-state index >= 15 is 0 Å². The molecule has 5 heteroatoms. The van der Waals surface area contributed by atoms with Gasteiger partial charge in [-0.15, -0.1) is 0 Å². The number of hydrogen-bond acceptors (Lipinski definition) is 2. The molecule has 2 rings (SSSR count). The molecule has 0 atom stereocenters. The summed E-state index contributed by atoms with van der Waals surface area (Å²) < 4.78 is 28.0. The Bertz CT molecular complexity index is 669. The van der Waals surface area contributed by atoms with Gasteiger partial charge in [0.05, 0.1) is 11.9 Å². The van der Waals surface area contributed by atoms with E-state index in [0.29, 0.717) is 28.6 Å². The Morgan fingerprint density at radius 2 is 2.11 bits per heavy atom. The van der Waals surface area contributed by atoms with E-state index in [4.69, 9.17) is 0 Å². The van der Waals surface area contributed by atoms with Crippen LogP contribution in [0.4, 0.5) is 8.78 Å². The van der Waals surface area contributed by atoms with E-state index in [1.54, 1.807) is 26.1 Å². The molecule has 19 heavy (non-hydrogen) atoms. The third-order valence-electron chi connectivity index (χ3n) is 3.04. The molecule has 0 amide bonds. The van der Waals surface area contributed by atoms with Crippen LogP contribution in [0.5, 0.6) is 0 Å². The molecular formula is C14H15F2N3. The molecule has 3 nitrogen and oxygen atoms in total. The fourth-order valence-electron chi connectivity index (χ4n) is 2.20. The highest BCUT2D eigenvalue weighted by molar-refractivity contribution is 5.94. The lowest BCUT2D eigenvalue weighted by Crippen LogP contribution is -2.01. The first-order valence-electron chi connectivity index (χ1n) is 6.13. The molecule has 2 aromatic rings. The number of aliphatic imine (C=N–C) groups is 1. The van der Waals surface area contributed by atoms with Gasteiger partial charge < -0.3 is 0 Å². The molecule has 0 aliphatic rings. The van der Waals surface area contributed by atoms with Crippen LogP contribution in [-0.2, 0) is 6.42 Å². The smallest absolute Gasteiger partial charge is 0.184 e. The van der Waals surface area contributed by atoms with Crippen molar-refractivity contribution in [3.63, 3.8) is 0 Å².